The summed E-state index contributed by atoms with van der Waals surface area (Å²) >= 11 is 0. The summed E-state index contributed by atoms with van der Waals surface area (Å²) in [5.74, 6) is 0. The molecule has 2 unspecified atom stereocenters. The fourth-order valence-corrected chi connectivity index (χ4v) is 4.23. The van der Waals surface area contributed by atoms with Crippen LogP contribution in [0.25, 0.3) is 0 Å². The molecule has 0 spiro atoms. The normalized spacial score (nSPS) is 23.8. The van der Waals surface area contributed by atoms with E-state index in [1.54, 1.807) is 0 Å². The molecule has 0 saturated carbocycles. The minimum absolute atomic E-state index is 0.0531. The molecule has 178 valence electrons. The zero-order valence-electron chi connectivity index (χ0n) is 20.0. The topological polar surface area (TPSA) is 63.2 Å². The summed E-state index contributed by atoms with van der Waals surface area (Å²) in [7, 11) is 0. The van der Waals surface area contributed by atoms with Crippen LogP contribution in [0.2, 0.25) is 0 Å². The lowest BCUT2D eigenvalue weighted by Crippen LogP contribution is -2.34. The van der Waals surface area contributed by atoms with Crippen LogP contribution in [-0.4, -0.2) is 55.1 Å². The average Bonchev–Trinajstić information content (AvgIpc) is 2.69. The molecular weight excluding hydrogens is 382 g/mol. The summed E-state index contributed by atoms with van der Waals surface area (Å²) in [5.41, 5.74) is -0.382. The van der Waals surface area contributed by atoms with Gasteiger partial charge in [0.05, 0.1) is 11.2 Å². The second kappa shape index (κ2) is 13.3. The van der Waals surface area contributed by atoms with Gasteiger partial charge in [0.1, 0.15) is 0 Å². The van der Waals surface area contributed by atoms with Crippen LogP contribution >= 0.6 is 0 Å². The van der Waals surface area contributed by atoms with Gasteiger partial charge in [-0.1, -0.05) is 0 Å². The summed E-state index contributed by atoms with van der Waals surface area (Å²) in [6.45, 7) is 11.3. The number of ether oxygens (including phenoxy) is 4. The monoisotopic (exact) mass is 428 g/mol. The first kappa shape index (κ1) is 26.0. The first-order chi connectivity index (χ1) is 14.3. The Bertz CT molecular complexity index is 405. The highest BCUT2D eigenvalue weighted by molar-refractivity contribution is 4.73. The molecule has 2 saturated heterocycles. The SMILES string of the molecule is CC(C)(CCCCN([O-])CCCCC(C)(C)OC1CCCCO1)OC1CCCCO1. The van der Waals surface area contributed by atoms with E-state index in [0.717, 1.165) is 77.4 Å². The summed E-state index contributed by atoms with van der Waals surface area (Å²) < 4.78 is 23.6. The van der Waals surface area contributed by atoms with Crippen LogP contribution in [0, 0.1) is 5.21 Å². The van der Waals surface area contributed by atoms with E-state index in [9.17, 15) is 5.21 Å². The first-order valence-corrected chi connectivity index (χ1v) is 12.3. The van der Waals surface area contributed by atoms with Gasteiger partial charge in [0.25, 0.3) is 0 Å². The van der Waals surface area contributed by atoms with Crippen molar-refractivity contribution in [3.8, 4) is 0 Å². The lowest BCUT2D eigenvalue weighted by molar-refractivity contribution is -0.217. The van der Waals surface area contributed by atoms with Gasteiger partial charge >= 0.3 is 0 Å². The van der Waals surface area contributed by atoms with E-state index in [1.807, 2.05) is 0 Å². The van der Waals surface area contributed by atoms with Crippen LogP contribution in [-0.2, 0) is 18.9 Å². The van der Waals surface area contributed by atoms with E-state index in [1.165, 1.54) is 17.9 Å². The molecule has 2 aliphatic heterocycles. The maximum Gasteiger partial charge on any atom is 0.158 e. The average molecular weight is 429 g/mol. The van der Waals surface area contributed by atoms with Crippen molar-refractivity contribution in [2.24, 2.45) is 0 Å². The Morgan fingerprint density at radius 2 is 1.17 bits per heavy atom. The zero-order valence-corrected chi connectivity index (χ0v) is 20.0. The number of hydroxylamine groups is 2. The molecule has 0 aliphatic carbocycles. The van der Waals surface area contributed by atoms with Crippen molar-refractivity contribution in [3.05, 3.63) is 5.21 Å². The molecule has 6 heteroatoms. The van der Waals surface area contributed by atoms with E-state index in [-0.39, 0.29) is 23.8 Å². The van der Waals surface area contributed by atoms with Gasteiger partial charge in [-0.05, 0) is 118 Å². The van der Waals surface area contributed by atoms with Crippen molar-refractivity contribution in [3.63, 3.8) is 0 Å². The Morgan fingerprint density at radius 1 is 0.733 bits per heavy atom. The van der Waals surface area contributed by atoms with Crippen LogP contribution in [0.1, 0.15) is 105 Å². The lowest BCUT2D eigenvalue weighted by atomic mass is 10.00. The molecular formula is C24H46NO5-. The van der Waals surface area contributed by atoms with E-state index < -0.39 is 0 Å². The minimum atomic E-state index is -0.191. The molecule has 0 aromatic rings. The van der Waals surface area contributed by atoms with Crippen LogP contribution in [0.5, 0.6) is 0 Å². The molecule has 2 atom stereocenters. The summed E-state index contributed by atoms with van der Waals surface area (Å²) in [6, 6.07) is 0. The Balaban J connectivity index is 1.48. The van der Waals surface area contributed by atoms with Crippen molar-refractivity contribution < 1.29 is 18.9 Å². The standard InChI is InChI=1S/C24H46NO5/c1-23(2,29-21-13-5-11-19-27-21)15-7-9-17-25(26)18-10-8-16-24(3,4)30-22-14-6-12-20-28-22/h21-22H,5-20H2,1-4H3/q-1. The third-order valence-corrected chi connectivity index (χ3v) is 6.05. The molecule has 0 N–H and O–H groups in total. The van der Waals surface area contributed by atoms with Gasteiger partial charge in [0, 0.05) is 13.2 Å². The summed E-state index contributed by atoms with van der Waals surface area (Å²) in [6.07, 6.45) is 12.3. The Kier molecular flexibility index (Phi) is 11.6. The van der Waals surface area contributed by atoms with Crippen molar-refractivity contribution in [2.75, 3.05) is 26.3 Å². The van der Waals surface area contributed by atoms with Gasteiger partial charge in [-0.25, -0.2) is 0 Å². The predicted molar refractivity (Wildman–Crippen MR) is 120 cm³/mol. The fraction of sp³-hybridized carbons (Fsp3) is 1.00. The zero-order chi connectivity index (χ0) is 21.9. The maximum atomic E-state index is 12.1. The second-order valence-corrected chi connectivity index (χ2v) is 10.2. The minimum Gasteiger partial charge on any atom is -0.785 e. The number of nitrogens with zero attached hydrogens (tertiary/aromatic N) is 1. The molecule has 2 rings (SSSR count). The quantitative estimate of drug-likeness (QED) is 0.258. The van der Waals surface area contributed by atoms with Gasteiger partial charge in [-0.3, -0.25) is 0 Å². The molecule has 2 heterocycles. The molecule has 0 amide bonds. The molecule has 2 fully saturated rings. The second-order valence-electron chi connectivity index (χ2n) is 10.2. The van der Waals surface area contributed by atoms with Crippen LogP contribution in [0.15, 0.2) is 0 Å². The van der Waals surface area contributed by atoms with Crippen LogP contribution in [0.4, 0.5) is 0 Å². The lowest BCUT2D eigenvalue weighted by Gasteiger charge is -2.34. The number of rotatable bonds is 14. The fourth-order valence-electron chi connectivity index (χ4n) is 4.23. The molecule has 30 heavy (non-hydrogen) atoms. The van der Waals surface area contributed by atoms with E-state index >= 15 is 0 Å². The van der Waals surface area contributed by atoms with Gasteiger partial charge in [0.15, 0.2) is 12.6 Å². The third kappa shape index (κ3) is 11.4. The molecule has 0 radical (unpaired) electrons. The van der Waals surface area contributed by atoms with Crippen molar-refractivity contribution in [1.29, 1.82) is 0 Å². The largest absolute Gasteiger partial charge is 0.785 e. The molecule has 0 aromatic carbocycles. The van der Waals surface area contributed by atoms with Crippen molar-refractivity contribution >= 4 is 0 Å². The molecule has 0 bridgehead atoms. The van der Waals surface area contributed by atoms with Crippen molar-refractivity contribution in [1.82, 2.24) is 5.06 Å². The maximum absolute atomic E-state index is 12.1. The van der Waals surface area contributed by atoms with Gasteiger partial charge < -0.3 is 29.2 Å². The molecule has 6 nitrogen and oxygen atoms in total. The van der Waals surface area contributed by atoms with Gasteiger partial charge in [-0.2, -0.15) is 0 Å². The number of unbranched alkanes of at least 4 members (excludes halogenated alkanes) is 2. The smallest absolute Gasteiger partial charge is 0.158 e. The van der Waals surface area contributed by atoms with Crippen LogP contribution in [0.3, 0.4) is 0 Å². The Labute approximate surface area is 184 Å². The molecule has 2 aliphatic rings. The molecule has 0 aromatic heterocycles. The Hall–Kier alpha value is -0.240. The van der Waals surface area contributed by atoms with Gasteiger partial charge in [0.2, 0.25) is 0 Å². The Morgan fingerprint density at radius 3 is 1.53 bits per heavy atom. The highest BCUT2D eigenvalue weighted by Crippen LogP contribution is 2.26. The predicted octanol–water partition coefficient (Wildman–Crippen LogP) is 5.77. The highest BCUT2D eigenvalue weighted by atomic mass is 16.7. The summed E-state index contributed by atoms with van der Waals surface area (Å²) in [5, 5.41) is 13.4. The van der Waals surface area contributed by atoms with E-state index in [2.05, 4.69) is 27.7 Å². The van der Waals surface area contributed by atoms with Crippen molar-refractivity contribution in [2.45, 2.75) is 129 Å². The van der Waals surface area contributed by atoms with Gasteiger partial charge in [-0.15, -0.1) is 0 Å². The van der Waals surface area contributed by atoms with E-state index in [0.29, 0.717) is 13.1 Å². The highest BCUT2D eigenvalue weighted by Gasteiger charge is 2.26. The number of hydrogen-bond donors (Lipinski definition) is 0. The summed E-state index contributed by atoms with van der Waals surface area (Å²) in [4.78, 5) is 0. The van der Waals surface area contributed by atoms with E-state index in [4.69, 9.17) is 18.9 Å². The third-order valence-electron chi connectivity index (χ3n) is 6.05. The van der Waals surface area contributed by atoms with Crippen LogP contribution < -0.4 is 0 Å². The number of hydrogen-bond acceptors (Lipinski definition) is 6. The first-order valence-electron chi connectivity index (χ1n) is 12.3.